The predicted molar refractivity (Wildman–Crippen MR) is 69.0 cm³/mol. The Kier molecular flexibility index (Phi) is 9.22. The van der Waals surface area contributed by atoms with E-state index < -0.39 is 0 Å². The summed E-state index contributed by atoms with van der Waals surface area (Å²) in [6.07, 6.45) is 15.4. The average Bonchev–Trinajstić information content (AvgIpc) is 2.32. The van der Waals surface area contributed by atoms with Crippen molar-refractivity contribution in [3.05, 3.63) is 16.0 Å². The molecule has 2 fully saturated rings. The van der Waals surface area contributed by atoms with Crippen LogP contribution in [0.3, 0.4) is 0 Å². The molecule has 2 saturated carbocycles. The van der Waals surface area contributed by atoms with Crippen LogP contribution in [0.4, 0.5) is 0 Å². The topological polar surface area (TPSA) is 58.7 Å². The molecule has 3 radical (unpaired) electrons. The first-order chi connectivity index (χ1) is 7.38. The van der Waals surface area contributed by atoms with E-state index in [0.29, 0.717) is 0 Å². The molecule has 2 aliphatic rings. The molecule has 0 spiro atoms. The average molecular weight is 219 g/mol. The van der Waals surface area contributed by atoms with Gasteiger partial charge in [0.15, 0.2) is 0 Å². The minimum absolute atomic E-state index is 0. The Labute approximate surface area is 101 Å². The molecule has 2 aliphatic carbocycles. The lowest BCUT2D eigenvalue weighted by Gasteiger charge is -2.32. The first-order valence-corrected chi connectivity index (χ1v) is 6.37. The lowest BCUT2D eigenvalue weighted by Crippen LogP contribution is -2.20. The van der Waals surface area contributed by atoms with Crippen LogP contribution in [0.2, 0.25) is 0 Å². The lowest BCUT2D eigenvalue weighted by atomic mass is 9.73. The molecule has 0 atom stereocenters. The van der Waals surface area contributed by atoms with Crippen molar-refractivity contribution in [3.63, 3.8) is 0 Å². The van der Waals surface area contributed by atoms with E-state index in [1.165, 1.54) is 43.4 Å². The molecule has 0 unspecified atom stereocenters. The van der Waals surface area contributed by atoms with Gasteiger partial charge in [-0.2, -0.15) is 0 Å². The van der Waals surface area contributed by atoms with Gasteiger partial charge in [-0.25, -0.2) is 0 Å². The summed E-state index contributed by atoms with van der Waals surface area (Å²) in [6, 6.07) is 0. The molecule has 0 heterocycles. The van der Waals surface area contributed by atoms with Gasteiger partial charge in [0.2, 0.25) is 0 Å². The van der Waals surface area contributed by atoms with Gasteiger partial charge in [0.25, 0.3) is 0 Å². The van der Waals surface area contributed by atoms with Crippen LogP contribution >= 0.6 is 0 Å². The van der Waals surface area contributed by atoms with E-state index in [2.05, 4.69) is 0 Å². The maximum Gasteiger partial charge on any atom is 0 e. The molecule has 0 aliphatic heterocycles. The summed E-state index contributed by atoms with van der Waals surface area (Å²) in [5, 5.41) is 0. The van der Waals surface area contributed by atoms with E-state index in [1.807, 2.05) is 0 Å². The second kappa shape index (κ2) is 9.59. The summed E-state index contributed by atoms with van der Waals surface area (Å²) in [4.78, 5) is 1.50. The van der Waals surface area contributed by atoms with Gasteiger partial charge in [-0.15, -0.1) is 0 Å². The molecule has 0 N–H and O–H groups in total. The molecule has 3 nitrogen and oxygen atoms in total. The Morgan fingerprint density at radius 2 is 0.875 bits per heavy atom. The summed E-state index contributed by atoms with van der Waals surface area (Å²) in [5.41, 5.74) is 13.5. The van der Waals surface area contributed by atoms with Crippen LogP contribution in [0.15, 0.2) is 0 Å². The maximum atomic E-state index is 6.75. The van der Waals surface area contributed by atoms with Crippen LogP contribution in [0.5, 0.6) is 0 Å². The van der Waals surface area contributed by atoms with Gasteiger partial charge in [0, 0.05) is 8.41 Å². The van der Waals surface area contributed by atoms with Gasteiger partial charge in [-0.1, -0.05) is 64.2 Å². The summed E-state index contributed by atoms with van der Waals surface area (Å²) in [6.45, 7) is 0. The van der Waals surface area contributed by atoms with E-state index in [9.17, 15) is 0 Å². The third-order valence-electron chi connectivity index (χ3n) is 3.97. The summed E-state index contributed by atoms with van der Waals surface area (Å²) in [5.74, 6) is 2.28. The Bertz CT molecular complexity index is 174. The third-order valence-corrected chi connectivity index (χ3v) is 3.97. The smallest absolute Gasteiger partial charge is 0 e. The van der Waals surface area contributed by atoms with Crippen LogP contribution in [0.25, 0.3) is 16.0 Å². The quantitative estimate of drug-likeness (QED) is 0.267. The van der Waals surface area contributed by atoms with Crippen molar-refractivity contribution in [2.75, 3.05) is 0 Å². The Morgan fingerprint density at radius 1 is 0.625 bits per heavy atom. The van der Waals surface area contributed by atoms with Crippen molar-refractivity contribution in [2.24, 2.45) is 11.8 Å². The molecular formula is C12H22BN3-. The molecule has 2 rings (SSSR count). The van der Waals surface area contributed by atoms with Gasteiger partial charge in [0.05, 0.1) is 0 Å². The first-order valence-electron chi connectivity index (χ1n) is 6.37. The summed E-state index contributed by atoms with van der Waals surface area (Å²) < 4.78 is 0. The fourth-order valence-corrected chi connectivity index (χ4v) is 3.21. The zero-order chi connectivity index (χ0) is 10.9. The standard InChI is InChI=1S/C12H22.B.N3/c1-3-7-11(8-4-1)12-9-5-2-6-10-12;;1-3-2/h11-12H,1-10H2;;/q;;-1. The predicted octanol–water partition coefficient (Wildman–Crippen LogP) is 4.63. The zero-order valence-corrected chi connectivity index (χ0v) is 10.1. The van der Waals surface area contributed by atoms with E-state index >= 15 is 0 Å². The number of nitrogens with zero attached hydrogens (tertiary/aromatic N) is 3. The molecule has 0 aromatic heterocycles. The van der Waals surface area contributed by atoms with Crippen LogP contribution < -0.4 is 0 Å². The van der Waals surface area contributed by atoms with Crippen molar-refractivity contribution in [1.82, 2.24) is 0 Å². The Morgan fingerprint density at radius 3 is 1.12 bits per heavy atom. The van der Waals surface area contributed by atoms with Crippen LogP contribution in [-0.2, 0) is 0 Å². The molecule has 0 aromatic rings. The second-order valence-electron chi connectivity index (χ2n) is 4.89. The van der Waals surface area contributed by atoms with Crippen molar-refractivity contribution in [3.8, 4) is 0 Å². The third kappa shape index (κ3) is 5.46. The van der Waals surface area contributed by atoms with E-state index in [4.69, 9.17) is 11.1 Å². The maximum absolute atomic E-state index is 6.75. The van der Waals surface area contributed by atoms with Crippen LogP contribution in [0, 0.1) is 11.8 Å². The molecule has 16 heavy (non-hydrogen) atoms. The lowest BCUT2D eigenvalue weighted by molar-refractivity contribution is 0.196. The molecular weight excluding hydrogens is 197 g/mol. The molecule has 4 heteroatoms. The monoisotopic (exact) mass is 219 g/mol. The largest absolute Gasteiger partial charge is 0.373 e. The molecule has 89 valence electrons. The molecule has 0 amide bonds. The van der Waals surface area contributed by atoms with Crippen molar-refractivity contribution in [2.45, 2.75) is 64.2 Å². The highest BCUT2D eigenvalue weighted by atomic mass is 15.0. The van der Waals surface area contributed by atoms with Crippen molar-refractivity contribution >= 4 is 8.41 Å². The Balaban J connectivity index is 0.000000511. The van der Waals surface area contributed by atoms with Gasteiger partial charge >= 0.3 is 0 Å². The second-order valence-corrected chi connectivity index (χ2v) is 4.89. The summed E-state index contributed by atoms with van der Waals surface area (Å²) >= 11 is 0. The minimum Gasteiger partial charge on any atom is -0.373 e. The van der Waals surface area contributed by atoms with Crippen LogP contribution in [-0.4, -0.2) is 8.41 Å². The highest BCUT2D eigenvalue weighted by molar-refractivity contribution is 5.75. The fourth-order valence-electron chi connectivity index (χ4n) is 3.21. The van der Waals surface area contributed by atoms with E-state index in [1.54, 1.807) is 25.7 Å². The Hall–Kier alpha value is -0.625. The molecule has 0 bridgehead atoms. The number of hydrogen-bond donors (Lipinski definition) is 0. The van der Waals surface area contributed by atoms with Gasteiger partial charge in [-0.3, -0.25) is 4.91 Å². The van der Waals surface area contributed by atoms with Crippen LogP contribution in [0.1, 0.15) is 64.2 Å². The minimum atomic E-state index is 0. The fraction of sp³-hybridized carbons (Fsp3) is 1.00. The van der Waals surface area contributed by atoms with Crippen molar-refractivity contribution < 1.29 is 0 Å². The SMILES string of the molecule is C1CCC(C2CCCCC2)CC1.[B].[N-]=[N+]=[N-]. The molecule has 0 saturated heterocycles. The van der Waals surface area contributed by atoms with Gasteiger partial charge in [-0.05, 0) is 11.8 Å². The highest BCUT2D eigenvalue weighted by Crippen LogP contribution is 2.37. The van der Waals surface area contributed by atoms with Crippen molar-refractivity contribution in [1.29, 1.82) is 0 Å². The van der Waals surface area contributed by atoms with Gasteiger partial charge < -0.3 is 11.1 Å². The normalized spacial score (nSPS) is 22.2. The molecule has 0 aromatic carbocycles. The number of hydrogen-bond acceptors (Lipinski definition) is 0. The van der Waals surface area contributed by atoms with E-state index in [0.717, 1.165) is 11.8 Å². The zero-order valence-electron chi connectivity index (χ0n) is 10.1. The highest BCUT2D eigenvalue weighted by Gasteiger charge is 2.24. The van der Waals surface area contributed by atoms with Gasteiger partial charge in [0.1, 0.15) is 0 Å². The first kappa shape index (κ1) is 15.4. The summed E-state index contributed by atoms with van der Waals surface area (Å²) in [7, 11) is 0. The van der Waals surface area contributed by atoms with E-state index in [-0.39, 0.29) is 8.41 Å². The number of rotatable bonds is 1.